The molecule has 1 heterocycles. The predicted molar refractivity (Wildman–Crippen MR) is 70.9 cm³/mol. The third-order valence-electron chi connectivity index (χ3n) is 3.71. The summed E-state index contributed by atoms with van der Waals surface area (Å²) in [6, 6.07) is 0.592. The van der Waals surface area contributed by atoms with E-state index in [2.05, 4.69) is 23.5 Å². The van der Waals surface area contributed by atoms with E-state index in [-0.39, 0.29) is 0 Å². The fourth-order valence-electron chi connectivity index (χ4n) is 2.53. The van der Waals surface area contributed by atoms with E-state index in [0.717, 1.165) is 22.4 Å². The Kier molecular flexibility index (Phi) is 3.38. The largest absolute Gasteiger partial charge is 0.383 e. The molecule has 1 aromatic heterocycles. The molecule has 1 saturated carbocycles. The molecule has 0 aromatic carbocycles. The van der Waals surface area contributed by atoms with Crippen molar-refractivity contribution in [3.05, 3.63) is 5.56 Å². The smallest absolute Gasteiger partial charge is 0.142 e. The summed E-state index contributed by atoms with van der Waals surface area (Å²) in [7, 11) is 0. The molecule has 0 aliphatic heterocycles. The highest BCUT2D eigenvalue weighted by molar-refractivity contribution is 7.10. The first-order valence-corrected chi connectivity index (χ1v) is 6.83. The molecule has 90 valence electrons. The van der Waals surface area contributed by atoms with E-state index >= 15 is 0 Å². The minimum Gasteiger partial charge on any atom is -0.383 e. The molecule has 16 heavy (non-hydrogen) atoms. The van der Waals surface area contributed by atoms with Gasteiger partial charge in [0, 0.05) is 11.6 Å². The Bertz CT molecular complexity index is 361. The van der Waals surface area contributed by atoms with Crippen molar-refractivity contribution in [2.45, 2.75) is 46.1 Å². The van der Waals surface area contributed by atoms with Crippen molar-refractivity contribution in [3.8, 4) is 0 Å². The maximum atomic E-state index is 5.76. The number of anilines is 2. The van der Waals surface area contributed by atoms with Gasteiger partial charge < -0.3 is 11.1 Å². The number of nitrogen functional groups attached to an aromatic ring is 1. The van der Waals surface area contributed by atoms with Crippen molar-refractivity contribution >= 4 is 22.4 Å². The van der Waals surface area contributed by atoms with Crippen molar-refractivity contribution < 1.29 is 0 Å². The predicted octanol–water partition coefficient (Wildman–Crippen LogP) is 3.27. The Hall–Kier alpha value is -0.770. The Morgan fingerprint density at radius 3 is 2.69 bits per heavy atom. The van der Waals surface area contributed by atoms with Crippen molar-refractivity contribution in [1.82, 2.24) is 4.37 Å². The summed E-state index contributed by atoms with van der Waals surface area (Å²) < 4.78 is 4.18. The number of rotatable bonds is 2. The second-order valence-electron chi connectivity index (χ2n) is 5.17. The minimum atomic E-state index is 0.592. The number of nitrogens with two attached hydrogens (primary N) is 1. The Morgan fingerprint density at radius 1 is 1.38 bits per heavy atom. The number of nitrogens with one attached hydrogen (secondary N) is 1. The molecule has 0 radical (unpaired) electrons. The van der Waals surface area contributed by atoms with E-state index in [4.69, 9.17) is 5.73 Å². The van der Waals surface area contributed by atoms with Gasteiger partial charge in [0.2, 0.25) is 0 Å². The molecular weight excluding hydrogens is 218 g/mol. The van der Waals surface area contributed by atoms with Gasteiger partial charge in [0.05, 0.1) is 0 Å². The number of nitrogens with zero attached hydrogens (tertiary/aromatic N) is 1. The SMILES string of the molecule is Cc1c(N)nsc1NC1CCC(C)CC1C. The summed E-state index contributed by atoms with van der Waals surface area (Å²) >= 11 is 1.49. The molecule has 0 bridgehead atoms. The molecule has 1 aromatic rings. The van der Waals surface area contributed by atoms with Gasteiger partial charge in [-0.2, -0.15) is 4.37 Å². The maximum Gasteiger partial charge on any atom is 0.142 e. The lowest BCUT2D eigenvalue weighted by molar-refractivity contribution is 0.277. The van der Waals surface area contributed by atoms with E-state index in [1.807, 2.05) is 6.92 Å². The van der Waals surface area contributed by atoms with Gasteiger partial charge in [0.1, 0.15) is 10.8 Å². The lowest BCUT2D eigenvalue weighted by atomic mass is 9.80. The van der Waals surface area contributed by atoms with Crippen LogP contribution in [0.3, 0.4) is 0 Å². The van der Waals surface area contributed by atoms with Crippen LogP contribution in [0.4, 0.5) is 10.8 Å². The molecule has 1 aliphatic carbocycles. The summed E-state index contributed by atoms with van der Waals surface area (Å²) in [6.45, 7) is 6.73. The molecule has 1 aliphatic rings. The number of hydrogen-bond acceptors (Lipinski definition) is 4. The molecular formula is C12H21N3S. The summed E-state index contributed by atoms with van der Waals surface area (Å²) in [5.41, 5.74) is 6.87. The van der Waals surface area contributed by atoms with Crippen LogP contribution in [0.2, 0.25) is 0 Å². The van der Waals surface area contributed by atoms with Crippen LogP contribution in [0, 0.1) is 18.8 Å². The monoisotopic (exact) mass is 239 g/mol. The lowest BCUT2D eigenvalue weighted by Crippen LogP contribution is -2.32. The average Bonchev–Trinajstić information content (AvgIpc) is 2.54. The highest BCUT2D eigenvalue weighted by Crippen LogP contribution is 2.33. The first-order chi connectivity index (χ1) is 7.58. The number of aromatic nitrogens is 1. The first-order valence-electron chi connectivity index (χ1n) is 6.06. The fraction of sp³-hybridized carbons (Fsp3) is 0.750. The zero-order valence-corrected chi connectivity index (χ0v) is 11.1. The van der Waals surface area contributed by atoms with Crippen LogP contribution in [0.1, 0.15) is 38.7 Å². The molecule has 0 spiro atoms. The van der Waals surface area contributed by atoms with Crippen molar-refractivity contribution in [1.29, 1.82) is 0 Å². The summed E-state index contributed by atoms with van der Waals surface area (Å²) in [4.78, 5) is 0. The van der Waals surface area contributed by atoms with Crippen LogP contribution in [0.15, 0.2) is 0 Å². The van der Waals surface area contributed by atoms with Gasteiger partial charge in [-0.1, -0.05) is 13.8 Å². The van der Waals surface area contributed by atoms with Crippen molar-refractivity contribution in [3.63, 3.8) is 0 Å². The van der Waals surface area contributed by atoms with Gasteiger partial charge in [-0.3, -0.25) is 0 Å². The maximum absolute atomic E-state index is 5.76. The van der Waals surface area contributed by atoms with Gasteiger partial charge in [-0.15, -0.1) is 0 Å². The zero-order chi connectivity index (χ0) is 11.7. The van der Waals surface area contributed by atoms with Crippen LogP contribution < -0.4 is 11.1 Å². The Morgan fingerprint density at radius 2 is 2.12 bits per heavy atom. The second-order valence-corrected chi connectivity index (χ2v) is 5.94. The molecule has 2 rings (SSSR count). The highest BCUT2D eigenvalue weighted by atomic mass is 32.1. The van der Waals surface area contributed by atoms with Crippen LogP contribution in [0.25, 0.3) is 0 Å². The standard InChI is InChI=1S/C12H21N3S/c1-7-4-5-10(8(2)6-7)14-12-9(3)11(13)15-16-12/h7-8,10,14H,4-6H2,1-3H3,(H2,13,15). The quantitative estimate of drug-likeness (QED) is 0.832. The molecule has 3 unspecified atom stereocenters. The topological polar surface area (TPSA) is 50.9 Å². The highest BCUT2D eigenvalue weighted by Gasteiger charge is 2.26. The molecule has 0 amide bonds. The second kappa shape index (κ2) is 4.62. The van der Waals surface area contributed by atoms with Crippen LogP contribution >= 0.6 is 11.5 Å². The summed E-state index contributed by atoms with van der Waals surface area (Å²) in [6.07, 6.45) is 3.92. The lowest BCUT2D eigenvalue weighted by Gasteiger charge is -2.33. The molecule has 4 heteroatoms. The van der Waals surface area contributed by atoms with E-state index < -0.39 is 0 Å². The summed E-state index contributed by atoms with van der Waals surface area (Å²) in [5.74, 6) is 2.29. The third-order valence-corrected chi connectivity index (χ3v) is 4.60. The first kappa shape index (κ1) is 11.7. The van der Waals surface area contributed by atoms with Gasteiger partial charge >= 0.3 is 0 Å². The van der Waals surface area contributed by atoms with E-state index in [0.29, 0.717) is 11.9 Å². The van der Waals surface area contributed by atoms with Crippen molar-refractivity contribution in [2.24, 2.45) is 11.8 Å². The minimum absolute atomic E-state index is 0.592. The Balaban J connectivity index is 2.02. The van der Waals surface area contributed by atoms with Gasteiger partial charge in [0.15, 0.2) is 0 Å². The summed E-state index contributed by atoms with van der Waals surface area (Å²) in [5, 5.41) is 4.77. The van der Waals surface area contributed by atoms with E-state index in [9.17, 15) is 0 Å². The fourth-order valence-corrected chi connectivity index (χ4v) is 3.30. The molecule has 3 nitrogen and oxygen atoms in total. The van der Waals surface area contributed by atoms with Crippen molar-refractivity contribution in [2.75, 3.05) is 11.1 Å². The van der Waals surface area contributed by atoms with Crippen LogP contribution in [-0.2, 0) is 0 Å². The van der Waals surface area contributed by atoms with Gasteiger partial charge in [0.25, 0.3) is 0 Å². The van der Waals surface area contributed by atoms with Gasteiger partial charge in [-0.05, 0) is 49.6 Å². The Labute approximate surface area is 102 Å². The zero-order valence-electron chi connectivity index (χ0n) is 10.3. The van der Waals surface area contributed by atoms with Crippen LogP contribution in [0.5, 0.6) is 0 Å². The molecule has 0 saturated heterocycles. The molecule has 3 atom stereocenters. The van der Waals surface area contributed by atoms with E-state index in [1.165, 1.54) is 30.8 Å². The third kappa shape index (κ3) is 2.32. The van der Waals surface area contributed by atoms with Crippen LogP contribution in [-0.4, -0.2) is 10.4 Å². The average molecular weight is 239 g/mol. The van der Waals surface area contributed by atoms with E-state index in [1.54, 1.807) is 0 Å². The molecule has 1 fully saturated rings. The molecule has 3 N–H and O–H groups in total. The van der Waals surface area contributed by atoms with Gasteiger partial charge in [-0.25, -0.2) is 0 Å². The normalized spacial score (nSPS) is 30.3. The number of hydrogen-bond donors (Lipinski definition) is 2.